The first-order valence-corrected chi connectivity index (χ1v) is 4.15. The maximum absolute atomic E-state index is 11.0. The van der Waals surface area contributed by atoms with Gasteiger partial charge in [0.2, 0.25) is 0 Å². The zero-order valence-electron chi connectivity index (χ0n) is 8.13. The molecular formula is C9H18N2O. The maximum atomic E-state index is 11.0. The number of ketones is 1. The first kappa shape index (κ1) is 11.3. The van der Waals surface area contributed by atoms with Crippen molar-refractivity contribution in [3.05, 3.63) is 12.2 Å². The number of nitrogens with one attached hydrogen (secondary N) is 1. The normalized spacial score (nSPS) is 11.3. The average molecular weight is 170 g/mol. The van der Waals surface area contributed by atoms with Crippen LogP contribution in [-0.4, -0.2) is 44.9 Å². The van der Waals surface area contributed by atoms with Gasteiger partial charge in [0.25, 0.3) is 0 Å². The van der Waals surface area contributed by atoms with E-state index < -0.39 is 0 Å². The van der Waals surface area contributed by atoms with E-state index in [-0.39, 0.29) is 5.78 Å². The molecule has 0 amide bonds. The molecule has 0 spiro atoms. The van der Waals surface area contributed by atoms with Gasteiger partial charge in [0.05, 0.1) is 0 Å². The molecule has 12 heavy (non-hydrogen) atoms. The van der Waals surface area contributed by atoms with Crippen LogP contribution in [0.15, 0.2) is 12.2 Å². The first-order valence-electron chi connectivity index (χ1n) is 4.15. The first-order chi connectivity index (χ1) is 5.66. The Bertz CT molecular complexity index is 153. The molecule has 0 unspecified atom stereocenters. The van der Waals surface area contributed by atoms with Crippen molar-refractivity contribution < 1.29 is 4.79 Å². The van der Waals surface area contributed by atoms with Gasteiger partial charge >= 0.3 is 0 Å². The summed E-state index contributed by atoms with van der Waals surface area (Å²) in [4.78, 5) is 13.1. The van der Waals surface area contributed by atoms with Crippen molar-refractivity contribution in [3.63, 3.8) is 0 Å². The largest absolute Gasteiger partial charge is 0.319 e. The third-order valence-electron chi connectivity index (χ3n) is 1.40. The van der Waals surface area contributed by atoms with Gasteiger partial charge in [-0.1, -0.05) is 6.08 Å². The zero-order chi connectivity index (χ0) is 9.40. The van der Waals surface area contributed by atoms with E-state index in [9.17, 15) is 4.79 Å². The summed E-state index contributed by atoms with van der Waals surface area (Å²) in [5.41, 5.74) is 0. The molecule has 0 saturated carbocycles. The lowest BCUT2D eigenvalue weighted by atomic mass is 10.2. The Morgan fingerprint density at radius 3 is 2.67 bits per heavy atom. The number of allylic oxidation sites excluding steroid dienone is 1. The SMILES string of the molecule is CNCCC(=O)/C=C/CN(C)C. The Balaban J connectivity index is 3.47. The highest BCUT2D eigenvalue weighted by atomic mass is 16.1. The summed E-state index contributed by atoms with van der Waals surface area (Å²) in [6.45, 7) is 1.58. The molecule has 0 fully saturated rings. The number of carbonyl (C=O) groups is 1. The van der Waals surface area contributed by atoms with E-state index in [4.69, 9.17) is 0 Å². The van der Waals surface area contributed by atoms with Gasteiger partial charge in [-0.25, -0.2) is 0 Å². The highest BCUT2D eigenvalue weighted by Gasteiger charge is 1.93. The third kappa shape index (κ3) is 7.44. The quantitative estimate of drug-likeness (QED) is 0.581. The van der Waals surface area contributed by atoms with E-state index in [1.165, 1.54) is 0 Å². The maximum Gasteiger partial charge on any atom is 0.156 e. The van der Waals surface area contributed by atoms with Crippen molar-refractivity contribution in [2.75, 3.05) is 34.2 Å². The van der Waals surface area contributed by atoms with Crippen molar-refractivity contribution in [1.82, 2.24) is 10.2 Å². The molecule has 0 aromatic heterocycles. The van der Waals surface area contributed by atoms with Crippen molar-refractivity contribution in [2.45, 2.75) is 6.42 Å². The summed E-state index contributed by atoms with van der Waals surface area (Å²) in [6.07, 6.45) is 4.12. The zero-order valence-corrected chi connectivity index (χ0v) is 8.13. The molecule has 0 rings (SSSR count). The minimum atomic E-state index is 0.186. The number of hydrogen-bond donors (Lipinski definition) is 1. The molecular weight excluding hydrogens is 152 g/mol. The Kier molecular flexibility index (Phi) is 6.61. The van der Waals surface area contributed by atoms with Crippen LogP contribution in [0.4, 0.5) is 0 Å². The Hall–Kier alpha value is -0.670. The second kappa shape index (κ2) is 7.00. The van der Waals surface area contributed by atoms with Crippen LogP contribution in [-0.2, 0) is 4.79 Å². The molecule has 0 bridgehead atoms. The van der Waals surface area contributed by atoms with Gasteiger partial charge in [-0.3, -0.25) is 4.79 Å². The van der Waals surface area contributed by atoms with Crippen LogP contribution in [0.25, 0.3) is 0 Å². The summed E-state index contributed by atoms with van der Waals surface area (Å²) < 4.78 is 0. The van der Waals surface area contributed by atoms with E-state index in [0.717, 1.165) is 13.1 Å². The highest BCUT2D eigenvalue weighted by Crippen LogP contribution is 1.85. The summed E-state index contributed by atoms with van der Waals surface area (Å²) in [7, 11) is 5.79. The van der Waals surface area contributed by atoms with Crippen molar-refractivity contribution in [3.8, 4) is 0 Å². The van der Waals surface area contributed by atoms with Crippen molar-refractivity contribution >= 4 is 5.78 Å². The fourth-order valence-corrected chi connectivity index (χ4v) is 0.727. The van der Waals surface area contributed by atoms with E-state index in [0.29, 0.717) is 6.42 Å². The van der Waals surface area contributed by atoms with Gasteiger partial charge in [0, 0.05) is 19.5 Å². The Labute approximate surface area is 74.4 Å². The van der Waals surface area contributed by atoms with Gasteiger partial charge < -0.3 is 10.2 Å². The monoisotopic (exact) mass is 170 g/mol. The van der Waals surface area contributed by atoms with Crippen LogP contribution in [0.1, 0.15) is 6.42 Å². The molecule has 0 saturated heterocycles. The highest BCUT2D eigenvalue weighted by molar-refractivity contribution is 5.89. The number of carbonyl (C=O) groups excluding carboxylic acids is 1. The number of likely N-dealkylation sites (N-methyl/N-ethyl adjacent to an activating group) is 1. The fourth-order valence-electron chi connectivity index (χ4n) is 0.727. The van der Waals surface area contributed by atoms with Crippen LogP contribution in [0.3, 0.4) is 0 Å². The van der Waals surface area contributed by atoms with Gasteiger partial charge in [-0.15, -0.1) is 0 Å². The molecule has 3 nitrogen and oxygen atoms in total. The topological polar surface area (TPSA) is 32.3 Å². The van der Waals surface area contributed by atoms with E-state index >= 15 is 0 Å². The second-order valence-corrected chi connectivity index (χ2v) is 2.98. The third-order valence-corrected chi connectivity index (χ3v) is 1.40. The van der Waals surface area contributed by atoms with Gasteiger partial charge in [0.15, 0.2) is 5.78 Å². The minimum absolute atomic E-state index is 0.186. The van der Waals surface area contributed by atoms with Crippen LogP contribution < -0.4 is 5.32 Å². The van der Waals surface area contributed by atoms with Crippen molar-refractivity contribution in [1.29, 1.82) is 0 Å². The van der Waals surface area contributed by atoms with Crippen LogP contribution in [0, 0.1) is 0 Å². The molecule has 1 N–H and O–H groups in total. The molecule has 0 aliphatic carbocycles. The van der Waals surface area contributed by atoms with E-state index in [2.05, 4.69) is 5.32 Å². The Morgan fingerprint density at radius 1 is 1.50 bits per heavy atom. The number of hydrogen-bond acceptors (Lipinski definition) is 3. The molecule has 0 atom stereocenters. The summed E-state index contributed by atoms with van der Waals surface area (Å²) in [5.74, 6) is 0.186. The summed E-state index contributed by atoms with van der Waals surface area (Å²) >= 11 is 0. The van der Waals surface area contributed by atoms with Crippen LogP contribution >= 0.6 is 0 Å². The number of rotatable bonds is 6. The summed E-state index contributed by atoms with van der Waals surface area (Å²) in [5, 5.41) is 2.93. The molecule has 70 valence electrons. The standard InChI is InChI=1S/C9H18N2O/c1-10-7-6-9(12)5-4-8-11(2)3/h4-5,10H,6-8H2,1-3H3/b5-4+. The average Bonchev–Trinajstić information content (AvgIpc) is 2.00. The van der Waals surface area contributed by atoms with Crippen molar-refractivity contribution in [2.24, 2.45) is 0 Å². The molecule has 3 heteroatoms. The van der Waals surface area contributed by atoms with Gasteiger partial charge in [0.1, 0.15) is 0 Å². The number of nitrogens with zero attached hydrogens (tertiary/aromatic N) is 1. The lowest BCUT2D eigenvalue weighted by molar-refractivity contribution is -0.114. The summed E-state index contributed by atoms with van der Waals surface area (Å²) in [6, 6.07) is 0. The van der Waals surface area contributed by atoms with Crippen LogP contribution in [0.2, 0.25) is 0 Å². The molecule has 0 aliphatic rings. The van der Waals surface area contributed by atoms with E-state index in [1.807, 2.05) is 32.1 Å². The van der Waals surface area contributed by atoms with E-state index in [1.54, 1.807) is 6.08 Å². The molecule has 0 aromatic rings. The lowest BCUT2D eigenvalue weighted by Crippen LogP contribution is -2.13. The smallest absolute Gasteiger partial charge is 0.156 e. The molecule has 0 aliphatic heterocycles. The fraction of sp³-hybridized carbons (Fsp3) is 0.667. The molecule has 0 aromatic carbocycles. The van der Waals surface area contributed by atoms with Crippen LogP contribution in [0.5, 0.6) is 0 Å². The molecule has 0 heterocycles. The molecule has 0 radical (unpaired) electrons. The second-order valence-electron chi connectivity index (χ2n) is 2.98. The lowest BCUT2D eigenvalue weighted by Gasteiger charge is -2.03. The minimum Gasteiger partial charge on any atom is -0.319 e. The predicted octanol–water partition coefficient (Wildman–Crippen LogP) is 0.283. The van der Waals surface area contributed by atoms with Gasteiger partial charge in [-0.2, -0.15) is 0 Å². The Morgan fingerprint density at radius 2 is 2.17 bits per heavy atom. The predicted molar refractivity (Wildman–Crippen MR) is 51.2 cm³/mol. The van der Waals surface area contributed by atoms with Gasteiger partial charge in [-0.05, 0) is 27.2 Å².